The average molecular weight is 234 g/mol. The van der Waals surface area contributed by atoms with Gasteiger partial charge in [0.25, 0.3) is 5.91 Å². The van der Waals surface area contributed by atoms with Crippen LogP contribution in [0.4, 0.5) is 0 Å². The summed E-state index contributed by atoms with van der Waals surface area (Å²) in [5.41, 5.74) is 5.01. The number of amides is 1. The molecule has 1 rings (SSSR count). The molecule has 0 radical (unpaired) electrons. The van der Waals surface area contributed by atoms with Crippen LogP contribution < -0.4 is 5.73 Å². The van der Waals surface area contributed by atoms with Crippen molar-refractivity contribution in [2.24, 2.45) is 5.73 Å². The lowest BCUT2D eigenvalue weighted by molar-refractivity contribution is 0.100. The highest BCUT2D eigenvalue weighted by Gasteiger charge is 2.19. The standard InChI is InChI=1S/C7H10N2O3S2/c1-9(2)14(11,12)5-3-6(7(8)10)13-4-5/h3-4H,1-2H3,(H2,8,10). The molecule has 0 aliphatic heterocycles. The first-order valence-corrected chi connectivity index (χ1v) is 5.98. The summed E-state index contributed by atoms with van der Waals surface area (Å²) in [6.45, 7) is 0. The normalized spacial score (nSPS) is 11.9. The Kier molecular flexibility index (Phi) is 2.93. The molecule has 0 bridgehead atoms. The van der Waals surface area contributed by atoms with Gasteiger partial charge in [-0.15, -0.1) is 11.3 Å². The van der Waals surface area contributed by atoms with Crippen LogP contribution in [-0.2, 0) is 10.0 Å². The minimum Gasteiger partial charge on any atom is -0.365 e. The molecule has 5 nitrogen and oxygen atoms in total. The van der Waals surface area contributed by atoms with Crippen LogP contribution in [0.3, 0.4) is 0 Å². The summed E-state index contributed by atoms with van der Waals surface area (Å²) in [5.74, 6) is -0.616. The van der Waals surface area contributed by atoms with E-state index in [9.17, 15) is 13.2 Å². The summed E-state index contributed by atoms with van der Waals surface area (Å²) in [6, 6.07) is 1.28. The molecule has 1 aromatic heterocycles. The minimum absolute atomic E-state index is 0.0984. The van der Waals surface area contributed by atoms with E-state index in [2.05, 4.69) is 0 Å². The molecule has 1 amide bonds. The minimum atomic E-state index is -3.45. The second-order valence-corrected chi connectivity index (χ2v) is 5.86. The molecule has 0 aromatic carbocycles. The summed E-state index contributed by atoms with van der Waals surface area (Å²) < 4.78 is 24.2. The fraction of sp³-hybridized carbons (Fsp3) is 0.286. The third-order valence-electron chi connectivity index (χ3n) is 1.60. The van der Waals surface area contributed by atoms with Crippen LogP contribution in [0.5, 0.6) is 0 Å². The molecule has 78 valence electrons. The fourth-order valence-corrected chi connectivity index (χ4v) is 2.81. The maximum absolute atomic E-state index is 11.5. The van der Waals surface area contributed by atoms with Gasteiger partial charge in [0.15, 0.2) is 0 Å². The summed E-state index contributed by atoms with van der Waals surface area (Å²) >= 11 is 1.02. The van der Waals surface area contributed by atoms with Gasteiger partial charge in [0.2, 0.25) is 10.0 Å². The number of nitrogens with two attached hydrogens (primary N) is 1. The zero-order valence-corrected chi connectivity index (χ0v) is 9.35. The molecule has 0 saturated carbocycles. The first kappa shape index (κ1) is 11.2. The van der Waals surface area contributed by atoms with Crippen molar-refractivity contribution in [3.63, 3.8) is 0 Å². The van der Waals surface area contributed by atoms with Gasteiger partial charge in [-0.25, -0.2) is 12.7 Å². The van der Waals surface area contributed by atoms with Crippen molar-refractivity contribution >= 4 is 27.3 Å². The first-order chi connectivity index (χ1) is 6.35. The van der Waals surface area contributed by atoms with Gasteiger partial charge in [-0.2, -0.15) is 0 Å². The number of primary amides is 1. The Morgan fingerprint density at radius 3 is 2.43 bits per heavy atom. The summed E-state index contributed by atoms with van der Waals surface area (Å²) in [7, 11) is -0.599. The van der Waals surface area contributed by atoms with Gasteiger partial charge in [-0.3, -0.25) is 4.79 Å². The Balaban J connectivity index is 3.16. The Morgan fingerprint density at radius 1 is 1.50 bits per heavy atom. The highest BCUT2D eigenvalue weighted by atomic mass is 32.2. The van der Waals surface area contributed by atoms with E-state index < -0.39 is 15.9 Å². The fourth-order valence-electron chi connectivity index (χ4n) is 0.794. The lowest BCUT2D eigenvalue weighted by atomic mass is 10.5. The molecule has 1 aromatic rings. The van der Waals surface area contributed by atoms with E-state index in [1.165, 1.54) is 25.5 Å². The van der Waals surface area contributed by atoms with Gasteiger partial charge in [0.05, 0.1) is 9.77 Å². The van der Waals surface area contributed by atoms with Crippen molar-refractivity contribution in [2.75, 3.05) is 14.1 Å². The van der Waals surface area contributed by atoms with Crippen molar-refractivity contribution < 1.29 is 13.2 Å². The maximum Gasteiger partial charge on any atom is 0.258 e. The highest BCUT2D eigenvalue weighted by molar-refractivity contribution is 7.89. The van der Waals surface area contributed by atoms with Crippen molar-refractivity contribution in [3.8, 4) is 0 Å². The molecule has 0 aliphatic rings. The average Bonchev–Trinajstić information content (AvgIpc) is 2.51. The lowest BCUT2D eigenvalue weighted by Gasteiger charge is -2.08. The molecule has 2 N–H and O–H groups in total. The molecular weight excluding hydrogens is 224 g/mol. The molecule has 0 saturated heterocycles. The largest absolute Gasteiger partial charge is 0.365 e. The number of hydrogen-bond acceptors (Lipinski definition) is 4. The summed E-state index contributed by atoms with van der Waals surface area (Å²) in [4.78, 5) is 11.1. The van der Waals surface area contributed by atoms with Crippen LogP contribution in [0.15, 0.2) is 16.3 Å². The molecule has 1 heterocycles. The van der Waals surface area contributed by atoms with Gasteiger partial charge >= 0.3 is 0 Å². The molecular formula is C7H10N2O3S2. The van der Waals surface area contributed by atoms with Crippen molar-refractivity contribution in [3.05, 3.63) is 16.3 Å². The Labute approximate surface area is 86.2 Å². The molecule has 0 aliphatic carbocycles. The van der Waals surface area contributed by atoms with Crippen LogP contribution in [0.1, 0.15) is 9.67 Å². The first-order valence-electron chi connectivity index (χ1n) is 3.66. The van der Waals surface area contributed by atoms with E-state index in [1.807, 2.05) is 0 Å². The highest BCUT2D eigenvalue weighted by Crippen LogP contribution is 2.20. The van der Waals surface area contributed by atoms with E-state index in [0.29, 0.717) is 0 Å². The smallest absolute Gasteiger partial charge is 0.258 e. The van der Waals surface area contributed by atoms with E-state index >= 15 is 0 Å². The number of carbonyl (C=O) groups is 1. The van der Waals surface area contributed by atoms with Crippen LogP contribution in [0.25, 0.3) is 0 Å². The van der Waals surface area contributed by atoms with Crippen LogP contribution in [0.2, 0.25) is 0 Å². The van der Waals surface area contributed by atoms with Crippen molar-refractivity contribution in [2.45, 2.75) is 4.90 Å². The Bertz CT molecular complexity index is 447. The van der Waals surface area contributed by atoms with E-state index in [-0.39, 0.29) is 9.77 Å². The SMILES string of the molecule is CN(C)S(=O)(=O)c1csc(C(N)=O)c1. The van der Waals surface area contributed by atoms with E-state index in [4.69, 9.17) is 5.73 Å². The van der Waals surface area contributed by atoms with Gasteiger partial charge in [-0.05, 0) is 6.07 Å². The molecule has 7 heteroatoms. The number of carbonyl (C=O) groups excluding carboxylic acids is 1. The van der Waals surface area contributed by atoms with Crippen LogP contribution in [-0.4, -0.2) is 32.7 Å². The Hall–Kier alpha value is -0.920. The van der Waals surface area contributed by atoms with Crippen LogP contribution in [0, 0.1) is 0 Å². The van der Waals surface area contributed by atoms with Crippen molar-refractivity contribution in [1.82, 2.24) is 4.31 Å². The molecule has 14 heavy (non-hydrogen) atoms. The number of hydrogen-bond donors (Lipinski definition) is 1. The predicted molar refractivity (Wildman–Crippen MR) is 53.7 cm³/mol. The van der Waals surface area contributed by atoms with Gasteiger partial charge in [-0.1, -0.05) is 0 Å². The number of rotatable bonds is 3. The third kappa shape index (κ3) is 1.94. The second kappa shape index (κ2) is 3.68. The number of thiophene rings is 1. The third-order valence-corrected chi connectivity index (χ3v) is 4.48. The topological polar surface area (TPSA) is 80.5 Å². The van der Waals surface area contributed by atoms with Gasteiger partial charge < -0.3 is 5.73 Å². The Morgan fingerprint density at radius 2 is 2.07 bits per heavy atom. The number of nitrogens with zero attached hydrogens (tertiary/aromatic N) is 1. The predicted octanol–water partition coefficient (Wildman–Crippen LogP) is 0.0973. The van der Waals surface area contributed by atoms with E-state index in [1.54, 1.807) is 0 Å². The second-order valence-electron chi connectivity index (χ2n) is 2.80. The molecule has 0 spiro atoms. The monoisotopic (exact) mass is 234 g/mol. The summed E-state index contributed by atoms with van der Waals surface area (Å²) in [5, 5.41) is 1.40. The quantitative estimate of drug-likeness (QED) is 0.805. The van der Waals surface area contributed by atoms with Crippen molar-refractivity contribution in [1.29, 1.82) is 0 Å². The zero-order valence-electron chi connectivity index (χ0n) is 7.72. The summed E-state index contributed by atoms with van der Waals surface area (Å²) in [6.07, 6.45) is 0. The number of sulfonamides is 1. The zero-order chi connectivity index (χ0) is 10.9. The van der Waals surface area contributed by atoms with Gasteiger partial charge in [0, 0.05) is 19.5 Å². The molecule has 0 unspecified atom stereocenters. The van der Waals surface area contributed by atoms with Crippen LogP contribution >= 0.6 is 11.3 Å². The molecule has 0 atom stereocenters. The van der Waals surface area contributed by atoms with Gasteiger partial charge in [0.1, 0.15) is 0 Å². The molecule has 0 fully saturated rings. The van der Waals surface area contributed by atoms with E-state index in [0.717, 1.165) is 15.6 Å². The maximum atomic E-state index is 11.5. The lowest BCUT2D eigenvalue weighted by Crippen LogP contribution is -2.21.